The van der Waals surface area contributed by atoms with Crippen LogP contribution in [0.1, 0.15) is 23.9 Å². The third-order valence-corrected chi connectivity index (χ3v) is 4.45. The molecule has 0 aliphatic carbocycles. The molecular weight excluding hydrogens is 366 g/mol. The normalized spacial score (nSPS) is 11.0. The fourth-order valence-corrected chi connectivity index (χ4v) is 3.11. The number of rotatable bonds is 6. The van der Waals surface area contributed by atoms with Gasteiger partial charge in [-0.05, 0) is 50.5 Å². The molecule has 0 bridgehead atoms. The van der Waals surface area contributed by atoms with Crippen LogP contribution < -0.4 is 5.43 Å². The number of esters is 1. The van der Waals surface area contributed by atoms with Gasteiger partial charge in [-0.1, -0.05) is 12.1 Å². The zero-order valence-electron chi connectivity index (χ0n) is 15.7. The maximum Gasteiger partial charge on any atom is 0.326 e. The lowest BCUT2D eigenvalue weighted by Crippen LogP contribution is -2.21. The summed E-state index contributed by atoms with van der Waals surface area (Å²) < 4.78 is 34.1. The minimum atomic E-state index is -0.919. The van der Waals surface area contributed by atoms with Crippen LogP contribution in [-0.4, -0.2) is 22.1 Å². The molecule has 0 aliphatic rings. The van der Waals surface area contributed by atoms with E-state index in [0.29, 0.717) is 22.4 Å². The molecule has 146 valence electrons. The van der Waals surface area contributed by atoms with E-state index in [4.69, 9.17) is 4.74 Å². The predicted octanol–water partition coefficient (Wildman–Crippen LogP) is 3.33. The van der Waals surface area contributed by atoms with Gasteiger partial charge in [0.1, 0.15) is 12.2 Å². The van der Waals surface area contributed by atoms with Crippen LogP contribution in [0.5, 0.6) is 0 Å². The van der Waals surface area contributed by atoms with Crippen LogP contribution in [0, 0.1) is 18.6 Å². The molecule has 0 spiro atoms. The maximum atomic E-state index is 14.0. The fraction of sp³-hybridized carbons (Fsp3) is 0.286. The Hall–Kier alpha value is -3.09. The molecule has 2 heterocycles. The maximum absolute atomic E-state index is 14.0. The van der Waals surface area contributed by atoms with Gasteiger partial charge in [-0.25, -0.2) is 13.8 Å². The average molecular weight is 386 g/mol. The molecule has 0 saturated carbocycles. The highest BCUT2D eigenvalue weighted by atomic mass is 19.2. The number of pyridine rings is 2. The van der Waals surface area contributed by atoms with E-state index in [1.165, 1.54) is 18.2 Å². The second-order valence-electron chi connectivity index (χ2n) is 6.43. The Balaban J connectivity index is 2.05. The number of nitrogens with zero attached hydrogens (tertiary/aromatic N) is 2. The number of fused-ring (bicyclic) bond motifs is 1. The van der Waals surface area contributed by atoms with Gasteiger partial charge in [0.2, 0.25) is 0 Å². The molecule has 3 aromatic rings. The van der Waals surface area contributed by atoms with E-state index in [1.807, 2.05) is 0 Å². The number of hydrogen-bond acceptors (Lipinski definition) is 4. The van der Waals surface area contributed by atoms with Gasteiger partial charge in [0.05, 0.1) is 12.0 Å². The van der Waals surface area contributed by atoms with Gasteiger partial charge in [-0.2, -0.15) is 0 Å². The third-order valence-electron chi connectivity index (χ3n) is 4.45. The van der Waals surface area contributed by atoms with Gasteiger partial charge in [0.15, 0.2) is 17.1 Å². The molecule has 0 atom stereocenters. The Bertz CT molecular complexity index is 1090. The van der Waals surface area contributed by atoms with Crippen LogP contribution in [0.3, 0.4) is 0 Å². The molecule has 3 rings (SSSR count). The number of benzene rings is 1. The van der Waals surface area contributed by atoms with E-state index < -0.39 is 17.6 Å². The van der Waals surface area contributed by atoms with Crippen LogP contribution in [0.15, 0.2) is 41.2 Å². The summed E-state index contributed by atoms with van der Waals surface area (Å²) >= 11 is 0. The molecule has 5 nitrogen and oxygen atoms in total. The quantitative estimate of drug-likeness (QED) is 0.610. The lowest BCUT2D eigenvalue weighted by molar-refractivity contribution is -0.143. The minimum Gasteiger partial charge on any atom is -0.465 e. The van der Waals surface area contributed by atoms with Crippen LogP contribution in [0.4, 0.5) is 8.78 Å². The summed E-state index contributed by atoms with van der Waals surface area (Å²) in [6.45, 7) is 3.60. The predicted molar refractivity (Wildman–Crippen MR) is 101 cm³/mol. The van der Waals surface area contributed by atoms with Crippen LogP contribution in [0.25, 0.3) is 11.0 Å². The number of ether oxygens (including phenoxy) is 1. The smallest absolute Gasteiger partial charge is 0.326 e. The average Bonchev–Trinajstić information content (AvgIpc) is 2.65. The van der Waals surface area contributed by atoms with Crippen LogP contribution >= 0.6 is 0 Å². The monoisotopic (exact) mass is 386 g/mol. The Kier molecular flexibility index (Phi) is 5.82. The van der Waals surface area contributed by atoms with E-state index in [9.17, 15) is 18.4 Å². The molecule has 0 saturated heterocycles. The van der Waals surface area contributed by atoms with Crippen molar-refractivity contribution in [2.45, 2.75) is 33.2 Å². The third kappa shape index (κ3) is 4.08. The van der Waals surface area contributed by atoms with Crippen LogP contribution in [0.2, 0.25) is 0 Å². The first-order valence-electron chi connectivity index (χ1n) is 8.99. The summed E-state index contributed by atoms with van der Waals surface area (Å²) in [5.74, 6) is -2.29. The van der Waals surface area contributed by atoms with Crippen molar-refractivity contribution in [2.24, 2.45) is 0 Å². The molecule has 7 heteroatoms. The van der Waals surface area contributed by atoms with Gasteiger partial charge < -0.3 is 9.30 Å². The second kappa shape index (κ2) is 8.29. The van der Waals surface area contributed by atoms with Gasteiger partial charge in [-0.15, -0.1) is 0 Å². The highest BCUT2D eigenvalue weighted by Gasteiger charge is 2.15. The molecule has 0 N–H and O–H groups in total. The lowest BCUT2D eigenvalue weighted by Gasteiger charge is -2.16. The molecule has 2 aromatic heterocycles. The SMILES string of the molecule is CCOC(=O)Cn1c(CCc2cccc(F)c2F)cc(=O)c2ccc(C)nc21. The van der Waals surface area contributed by atoms with E-state index in [1.54, 1.807) is 30.5 Å². The van der Waals surface area contributed by atoms with E-state index >= 15 is 0 Å². The topological polar surface area (TPSA) is 61.2 Å². The highest BCUT2D eigenvalue weighted by molar-refractivity contribution is 5.78. The molecule has 0 unspecified atom stereocenters. The second-order valence-corrected chi connectivity index (χ2v) is 6.43. The molecule has 28 heavy (non-hydrogen) atoms. The number of aryl methyl sites for hydroxylation is 3. The number of carbonyl (C=O) groups is 1. The summed E-state index contributed by atoms with van der Waals surface area (Å²) in [6, 6.07) is 8.78. The fourth-order valence-electron chi connectivity index (χ4n) is 3.11. The minimum absolute atomic E-state index is 0.123. The van der Waals surface area contributed by atoms with Gasteiger partial charge >= 0.3 is 5.97 Å². The van der Waals surface area contributed by atoms with Gasteiger partial charge in [-0.3, -0.25) is 9.59 Å². The van der Waals surface area contributed by atoms with Gasteiger partial charge in [0, 0.05) is 17.5 Å². The number of halogens is 2. The van der Waals surface area contributed by atoms with Crippen molar-refractivity contribution in [2.75, 3.05) is 6.61 Å². The molecule has 1 aromatic carbocycles. The molecular formula is C21H20F2N2O3. The summed E-state index contributed by atoms with van der Waals surface area (Å²) in [6.07, 6.45) is 0.407. The largest absolute Gasteiger partial charge is 0.465 e. The van der Waals surface area contributed by atoms with Crippen molar-refractivity contribution in [3.8, 4) is 0 Å². The number of aromatic nitrogens is 2. The van der Waals surface area contributed by atoms with E-state index in [0.717, 1.165) is 6.07 Å². The van der Waals surface area contributed by atoms with Crippen LogP contribution in [-0.2, 0) is 28.9 Å². The first-order valence-corrected chi connectivity index (χ1v) is 8.99. The summed E-state index contributed by atoms with van der Waals surface area (Å²) in [5.41, 5.74) is 1.53. The Labute approximate surface area is 160 Å². The van der Waals surface area contributed by atoms with E-state index in [2.05, 4.69) is 4.98 Å². The van der Waals surface area contributed by atoms with E-state index in [-0.39, 0.29) is 37.0 Å². The highest BCUT2D eigenvalue weighted by Crippen LogP contribution is 2.17. The van der Waals surface area contributed by atoms with Crippen molar-refractivity contribution in [3.63, 3.8) is 0 Å². The van der Waals surface area contributed by atoms with Crippen molar-refractivity contribution in [1.82, 2.24) is 9.55 Å². The zero-order valence-corrected chi connectivity index (χ0v) is 15.7. The molecule has 0 radical (unpaired) electrons. The number of hydrogen-bond donors (Lipinski definition) is 0. The van der Waals surface area contributed by atoms with Crippen molar-refractivity contribution in [1.29, 1.82) is 0 Å². The van der Waals surface area contributed by atoms with Crippen molar-refractivity contribution < 1.29 is 18.3 Å². The van der Waals surface area contributed by atoms with Crippen molar-refractivity contribution in [3.05, 3.63) is 75.2 Å². The van der Waals surface area contributed by atoms with Crippen molar-refractivity contribution >= 4 is 17.0 Å². The Morgan fingerprint density at radius 1 is 1.18 bits per heavy atom. The molecule has 0 amide bonds. The van der Waals surface area contributed by atoms with Gasteiger partial charge in [0.25, 0.3) is 0 Å². The first-order chi connectivity index (χ1) is 13.4. The summed E-state index contributed by atoms with van der Waals surface area (Å²) in [4.78, 5) is 29.0. The standard InChI is InChI=1S/C21H20F2N2O3/c1-3-28-19(27)12-25-15(9-8-14-5-4-6-17(22)20(14)23)11-18(26)16-10-7-13(2)24-21(16)25/h4-7,10-11H,3,8-9,12H2,1-2H3. The Morgan fingerprint density at radius 2 is 1.96 bits per heavy atom. The Morgan fingerprint density at radius 3 is 2.71 bits per heavy atom. The zero-order chi connectivity index (χ0) is 20.3. The summed E-state index contributed by atoms with van der Waals surface area (Å²) in [7, 11) is 0. The first kappa shape index (κ1) is 19.7. The molecule has 0 aliphatic heterocycles. The summed E-state index contributed by atoms with van der Waals surface area (Å²) in [5, 5.41) is 0.385. The molecule has 0 fully saturated rings. The number of carbonyl (C=O) groups excluding carboxylic acids is 1. The lowest BCUT2D eigenvalue weighted by atomic mass is 10.1.